The zero-order chi connectivity index (χ0) is 62.8. The van der Waals surface area contributed by atoms with E-state index in [0.29, 0.717) is 19.3 Å². The molecule has 1 aromatic carbocycles. The molecule has 0 unspecified atom stereocenters. The number of ether oxygens (including phenoxy) is 1. The van der Waals surface area contributed by atoms with Crippen molar-refractivity contribution in [3.63, 3.8) is 0 Å². The van der Waals surface area contributed by atoms with E-state index >= 15 is 0 Å². The summed E-state index contributed by atoms with van der Waals surface area (Å²) in [5.41, 5.74) is 6.30. The number of primary amides is 1. The lowest BCUT2D eigenvalue weighted by Crippen LogP contribution is -2.63. The van der Waals surface area contributed by atoms with Gasteiger partial charge in [0.2, 0.25) is 59.1 Å². The van der Waals surface area contributed by atoms with Crippen molar-refractivity contribution in [1.82, 2.24) is 53.2 Å². The largest absolute Gasteiger partial charge is 0.458 e. The van der Waals surface area contributed by atoms with Crippen LogP contribution in [0.1, 0.15) is 133 Å². The van der Waals surface area contributed by atoms with Crippen LogP contribution in [-0.2, 0) is 68.7 Å². The van der Waals surface area contributed by atoms with Gasteiger partial charge in [-0.25, -0.2) is 4.79 Å². The van der Waals surface area contributed by atoms with Crippen LogP contribution in [0.5, 0.6) is 0 Å². The van der Waals surface area contributed by atoms with Gasteiger partial charge >= 0.3 is 5.97 Å². The van der Waals surface area contributed by atoms with E-state index in [9.17, 15) is 67.7 Å². The number of rotatable bonds is 31. The van der Waals surface area contributed by atoms with E-state index < -0.39 is 199 Å². The number of nitrogens with two attached hydrogens (primary N) is 1. The van der Waals surface area contributed by atoms with E-state index in [-0.39, 0.29) is 19.3 Å². The Morgan fingerprint density at radius 3 is 1.53 bits per heavy atom. The van der Waals surface area contributed by atoms with Crippen LogP contribution in [0.2, 0.25) is 0 Å². The third-order valence-electron chi connectivity index (χ3n) is 15.4. The molecule has 26 heteroatoms. The van der Waals surface area contributed by atoms with Gasteiger partial charge in [0, 0.05) is 18.8 Å². The van der Waals surface area contributed by atoms with Crippen LogP contribution in [0.15, 0.2) is 30.3 Å². The molecule has 2 rings (SSSR count). The molecule has 16 atom stereocenters. The smallest absolute Gasteiger partial charge is 0.329 e. The standard InChI is InChI=1S/C57H93N11O15/c1-13-29(6)43(65-51(76)38(59-12)26-35-21-19-18-20-22-35)54(79)62-39(27-69)52(77)61-37(23-24-42(58)72)50(75)64-45(31(8)15-3)56(81)66-44(30(7)14-2)55(80)63-40(28-70)53(78)68-47-34(11)83-57(82)46(32(9)16-4)67-49(74)36(17-5)60-48(73)33(10)25-41(47)71/h18-22,29-34,36-40,43-47,59,69-70H,13-17,23-28H2,1-12H3,(H2,58,72)(H,60,73)(H,61,77)(H,62,79)(H,63,80)(H,64,75)(H,65,76)(H,66,81)(H,67,74)(H,68,78)/t29-,30-,31+,32-,33+,34-,36-,37+,38+,39-,40-,43-,44-,45+,46-,47+/m0/s1. The van der Waals surface area contributed by atoms with Crippen molar-refractivity contribution in [2.45, 2.75) is 200 Å². The first-order valence-electron chi connectivity index (χ1n) is 28.8. The lowest BCUT2D eigenvalue weighted by molar-refractivity contribution is -0.157. The number of cyclic esters (lactones) is 1. The van der Waals surface area contributed by atoms with Gasteiger partial charge in [0.05, 0.1) is 19.3 Å². The van der Waals surface area contributed by atoms with Crippen molar-refractivity contribution in [3.05, 3.63) is 35.9 Å². The average Bonchev–Trinajstić information content (AvgIpc) is 3.63. The third-order valence-corrected chi connectivity index (χ3v) is 15.4. The minimum absolute atomic E-state index is 0.166. The van der Waals surface area contributed by atoms with Gasteiger partial charge in [0.25, 0.3) is 0 Å². The van der Waals surface area contributed by atoms with Crippen molar-refractivity contribution in [2.75, 3.05) is 20.3 Å². The highest BCUT2D eigenvalue weighted by molar-refractivity contribution is 5.99. The Bertz CT molecular complexity index is 2380. The number of aliphatic hydroxyl groups is 2. The maximum absolute atomic E-state index is 14.4. The number of carbonyl (C=O) groups is 12. The van der Waals surface area contributed by atoms with Crippen LogP contribution in [0.25, 0.3) is 0 Å². The number of benzene rings is 1. The lowest BCUT2D eigenvalue weighted by Gasteiger charge is -2.31. The summed E-state index contributed by atoms with van der Waals surface area (Å²) in [6.07, 6.45) is -0.837. The Morgan fingerprint density at radius 2 is 1.07 bits per heavy atom. The van der Waals surface area contributed by atoms with Crippen LogP contribution in [-0.4, -0.2) is 168 Å². The monoisotopic (exact) mass is 1170 g/mol. The average molecular weight is 1170 g/mol. The Hall–Kier alpha value is -7.06. The van der Waals surface area contributed by atoms with Crippen LogP contribution in [0, 0.1) is 29.6 Å². The molecule has 1 aliphatic rings. The molecule has 0 aliphatic carbocycles. The molecule has 1 saturated heterocycles. The fourth-order valence-electron chi connectivity index (χ4n) is 8.92. The molecule has 26 nitrogen and oxygen atoms in total. The number of hydrogen-bond donors (Lipinski definition) is 13. The van der Waals surface area contributed by atoms with Gasteiger partial charge in [0.15, 0.2) is 5.78 Å². The van der Waals surface area contributed by atoms with Crippen molar-refractivity contribution < 1.29 is 72.5 Å². The van der Waals surface area contributed by atoms with Crippen molar-refractivity contribution in [2.24, 2.45) is 35.3 Å². The molecule has 83 heavy (non-hydrogen) atoms. The highest BCUT2D eigenvalue weighted by Gasteiger charge is 2.41. The van der Waals surface area contributed by atoms with Crippen molar-refractivity contribution >= 4 is 70.8 Å². The predicted octanol–water partition coefficient (Wildman–Crippen LogP) is -1.43. The van der Waals surface area contributed by atoms with Gasteiger partial charge in [0.1, 0.15) is 60.5 Å². The summed E-state index contributed by atoms with van der Waals surface area (Å²) >= 11 is 0. The number of aliphatic hydroxyl groups excluding tert-OH is 2. The first-order chi connectivity index (χ1) is 39.2. The molecule has 0 bridgehead atoms. The molecule has 0 spiro atoms. The second kappa shape index (κ2) is 35.8. The summed E-state index contributed by atoms with van der Waals surface area (Å²) in [6.45, 7) is 16.1. The molecule has 0 radical (unpaired) electrons. The van der Waals surface area contributed by atoms with Gasteiger partial charge < -0.3 is 73.9 Å². The summed E-state index contributed by atoms with van der Waals surface area (Å²) in [6, 6.07) is -4.44. The first-order valence-corrected chi connectivity index (χ1v) is 28.8. The number of Topliss-reactive ketones (excluding diaryl/α,β-unsaturated/α-hetero) is 1. The van der Waals surface area contributed by atoms with Gasteiger partial charge in [-0.3, -0.25) is 52.7 Å². The molecule has 14 N–H and O–H groups in total. The van der Waals surface area contributed by atoms with Crippen LogP contribution in [0.3, 0.4) is 0 Å². The summed E-state index contributed by atoms with van der Waals surface area (Å²) < 4.78 is 5.70. The fraction of sp³-hybridized carbons (Fsp3) is 0.684. The first kappa shape index (κ1) is 72.0. The zero-order valence-electron chi connectivity index (χ0n) is 50.2. The second-order valence-corrected chi connectivity index (χ2v) is 21.7. The molecular formula is C57H93N11O15. The van der Waals surface area contributed by atoms with E-state index in [4.69, 9.17) is 10.5 Å². The molecule has 1 aromatic rings. The quantitative estimate of drug-likeness (QED) is 0.0379. The number of carbonyl (C=O) groups excluding carboxylic acids is 12. The molecule has 1 heterocycles. The molecule has 1 aliphatic heterocycles. The number of likely N-dealkylation sites (N-methyl/N-ethyl adjacent to an activating group) is 1. The second-order valence-electron chi connectivity index (χ2n) is 21.7. The van der Waals surface area contributed by atoms with Crippen LogP contribution in [0.4, 0.5) is 0 Å². The van der Waals surface area contributed by atoms with E-state index in [1.165, 1.54) is 13.8 Å². The minimum atomic E-state index is -1.77. The van der Waals surface area contributed by atoms with Crippen LogP contribution < -0.4 is 58.9 Å². The number of esters is 1. The van der Waals surface area contributed by atoms with Gasteiger partial charge in [-0.15, -0.1) is 0 Å². The Labute approximate surface area is 487 Å². The van der Waals surface area contributed by atoms with Gasteiger partial charge in [-0.05, 0) is 62.5 Å². The maximum Gasteiger partial charge on any atom is 0.329 e. The topological polar surface area (TPSA) is 401 Å². The molecule has 0 saturated carbocycles. The summed E-state index contributed by atoms with van der Waals surface area (Å²) in [7, 11) is 1.60. The minimum Gasteiger partial charge on any atom is -0.458 e. The summed E-state index contributed by atoms with van der Waals surface area (Å²) in [4.78, 5) is 164. The molecular weight excluding hydrogens is 1080 g/mol. The highest BCUT2D eigenvalue weighted by atomic mass is 16.5. The molecule has 466 valence electrons. The van der Waals surface area contributed by atoms with E-state index in [1.807, 2.05) is 30.3 Å². The third kappa shape index (κ3) is 22.2. The Morgan fingerprint density at radius 1 is 0.614 bits per heavy atom. The fourth-order valence-corrected chi connectivity index (χ4v) is 8.92. The van der Waals surface area contributed by atoms with Crippen molar-refractivity contribution in [1.29, 1.82) is 0 Å². The summed E-state index contributed by atoms with van der Waals surface area (Å²) in [5, 5.41) is 46.9. The van der Waals surface area contributed by atoms with Gasteiger partial charge in [-0.2, -0.15) is 0 Å². The molecule has 0 aromatic heterocycles. The number of nitrogens with one attached hydrogen (secondary N) is 10. The van der Waals surface area contributed by atoms with Crippen molar-refractivity contribution in [3.8, 4) is 0 Å². The summed E-state index contributed by atoms with van der Waals surface area (Å²) in [5.74, 6) is -13.3. The van der Waals surface area contributed by atoms with Gasteiger partial charge in [-0.1, -0.05) is 125 Å². The number of hydrogen-bond acceptors (Lipinski definition) is 16. The lowest BCUT2D eigenvalue weighted by atomic mass is 9.94. The van der Waals surface area contributed by atoms with E-state index in [2.05, 4.69) is 53.2 Å². The maximum atomic E-state index is 14.4. The number of amides is 10. The zero-order valence-corrected chi connectivity index (χ0v) is 50.2. The predicted molar refractivity (Wildman–Crippen MR) is 305 cm³/mol. The molecule has 1 fully saturated rings. The van der Waals surface area contributed by atoms with E-state index in [0.717, 1.165) is 5.56 Å². The number of ketones is 1. The Kier molecular flexibility index (Phi) is 31.1. The Balaban J connectivity index is 2.39. The van der Waals surface area contributed by atoms with Crippen LogP contribution >= 0.6 is 0 Å². The SMILES string of the molecule is CC[C@@H]1NC(=O)[C@H](C)CC(=O)[C@H](NC(=O)[C@H](CO)NC(=O)[C@@H](NC(=O)[C@H](NC(=O)[C@@H](CCC(N)=O)NC(=O)[C@H](CO)NC(=O)[C@@H](NC(=O)[C@@H](Cc2ccccc2)NC)[C@@H](C)CC)[C@H](C)CC)[C@@H](C)CC)[C@H](C)OC(=O)[C@H]([C@@H](C)CC)NC1=O. The normalized spacial score (nSPS) is 21.8. The highest BCUT2D eigenvalue weighted by Crippen LogP contribution is 2.18. The molecule has 10 amide bonds. The van der Waals surface area contributed by atoms with E-state index in [1.54, 1.807) is 69.4 Å².